The Bertz CT molecular complexity index is 378. The fourth-order valence-corrected chi connectivity index (χ4v) is 1.17. The van der Waals surface area contributed by atoms with Gasteiger partial charge in [0.25, 0.3) is 0 Å². The van der Waals surface area contributed by atoms with Crippen molar-refractivity contribution in [2.75, 3.05) is 6.61 Å². The number of nitrogens with two attached hydrogens (primary N) is 1. The third-order valence-corrected chi connectivity index (χ3v) is 2.04. The van der Waals surface area contributed by atoms with E-state index in [2.05, 4.69) is 0 Å². The van der Waals surface area contributed by atoms with Gasteiger partial charge in [-0.1, -0.05) is 11.6 Å². The van der Waals surface area contributed by atoms with Crippen LogP contribution in [-0.2, 0) is 0 Å². The summed E-state index contributed by atoms with van der Waals surface area (Å²) in [4.78, 5) is 0. The predicted octanol–water partition coefficient (Wildman–Crippen LogP) is 2.10. The van der Waals surface area contributed by atoms with E-state index >= 15 is 0 Å². The van der Waals surface area contributed by atoms with E-state index in [-0.39, 0.29) is 11.6 Å². The van der Waals surface area contributed by atoms with Crippen LogP contribution in [0.1, 0.15) is 6.42 Å². The molecule has 0 saturated carbocycles. The van der Waals surface area contributed by atoms with Crippen molar-refractivity contribution in [3.05, 3.63) is 29.0 Å². The van der Waals surface area contributed by atoms with Crippen LogP contribution in [0.2, 0.25) is 5.02 Å². The maximum atomic E-state index is 12.6. The van der Waals surface area contributed by atoms with Crippen LogP contribution in [0.25, 0.3) is 0 Å². The number of ether oxygens (including phenoxy) is 1. The first-order valence-electron chi connectivity index (χ1n) is 4.36. The Kier molecular flexibility index (Phi) is 4.35. The predicted molar refractivity (Wildman–Crippen MR) is 55.1 cm³/mol. The molecule has 0 radical (unpaired) electrons. The van der Waals surface area contributed by atoms with Gasteiger partial charge in [0, 0.05) is 6.42 Å². The van der Waals surface area contributed by atoms with Gasteiger partial charge in [-0.25, -0.2) is 4.39 Å². The van der Waals surface area contributed by atoms with Crippen molar-refractivity contribution in [1.82, 2.24) is 0 Å². The van der Waals surface area contributed by atoms with E-state index in [1.165, 1.54) is 18.2 Å². The molecule has 1 rings (SSSR count). The molecule has 0 aromatic heterocycles. The highest BCUT2D eigenvalue weighted by molar-refractivity contribution is 6.32. The molecule has 0 aliphatic rings. The molecule has 2 N–H and O–H groups in total. The monoisotopic (exact) mass is 228 g/mol. The molecule has 0 heterocycles. The van der Waals surface area contributed by atoms with Crippen LogP contribution in [0.15, 0.2) is 18.2 Å². The summed E-state index contributed by atoms with van der Waals surface area (Å²) in [6.07, 6.45) is 0.407. The summed E-state index contributed by atoms with van der Waals surface area (Å²) in [5.41, 5.74) is 5.37. The second-order valence-electron chi connectivity index (χ2n) is 2.95. The Hall–Kier alpha value is -1.31. The number of hydrogen-bond acceptors (Lipinski definition) is 3. The first kappa shape index (κ1) is 11.8. The summed E-state index contributed by atoms with van der Waals surface area (Å²) >= 11 is 5.72. The molecular formula is C10H10ClFN2O. The van der Waals surface area contributed by atoms with Crippen molar-refractivity contribution < 1.29 is 9.13 Å². The number of halogens is 2. The summed E-state index contributed by atoms with van der Waals surface area (Å²) in [5, 5.41) is 8.63. The number of nitriles is 1. The average molecular weight is 229 g/mol. The minimum absolute atomic E-state index is 0.209. The van der Waals surface area contributed by atoms with E-state index in [4.69, 9.17) is 27.3 Å². The van der Waals surface area contributed by atoms with Crippen LogP contribution in [0.4, 0.5) is 4.39 Å². The zero-order valence-corrected chi connectivity index (χ0v) is 8.67. The number of benzene rings is 1. The number of hydrogen-bond donors (Lipinski definition) is 1. The van der Waals surface area contributed by atoms with Gasteiger partial charge < -0.3 is 10.5 Å². The number of nitrogens with zero attached hydrogens (tertiary/aromatic N) is 1. The lowest BCUT2D eigenvalue weighted by Gasteiger charge is -2.08. The summed E-state index contributed by atoms with van der Waals surface area (Å²) in [6.45, 7) is 0.278. The maximum Gasteiger partial charge on any atom is 0.138 e. The summed E-state index contributed by atoms with van der Waals surface area (Å²) < 4.78 is 17.9. The van der Waals surface area contributed by atoms with Crippen molar-refractivity contribution in [3.8, 4) is 11.8 Å². The Labute approximate surface area is 92.2 Å². The van der Waals surface area contributed by atoms with E-state index < -0.39 is 11.9 Å². The molecule has 0 amide bonds. The third-order valence-electron chi connectivity index (χ3n) is 1.75. The van der Waals surface area contributed by atoms with Gasteiger partial charge in [0.2, 0.25) is 0 Å². The van der Waals surface area contributed by atoms with E-state index in [1.54, 1.807) is 0 Å². The van der Waals surface area contributed by atoms with Gasteiger partial charge in [-0.05, 0) is 18.2 Å². The summed E-state index contributed by atoms with van der Waals surface area (Å²) in [6, 6.07) is 5.19. The van der Waals surface area contributed by atoms with E-state index in [0.717, 1.165) is 0 Å². The minimum Gasteiger partial charge on any atom is -0.492 e. The van der Waals surface area contributed by atoms with Gasteiger partial charge in [0.1, 0.15) is 11.6 Å². The van der Waals surface area contributed by atoms with Crippen molar-refractivity contribution in [1.29, 1.82) is 5.26 Å². The lowest BCUT2D eigenvalue weighted by molar-refractivity contribution is 0.306. The zero-order chi connectivity index (χ0) is 11.3. The molecule has 0 saturated heterocycles. The maximum absolute atomic E-state index is 12.6. The first-order valence-corrected chi connectivity index (χ1v) is 4.74. The van der Waals surface area contributed by atoms with Crippen molar-refractivity contribution in [3.63, 3.8) is 0 Å². The highest BCUT2D eigenvalue weighted by atomic mass is 35.5. The fourth-order valence-electron chi connectivity index (χ4n) is 0.953. The molecule has 80 valence electrons. The van der Waals surface area contributed by atoms with E-state index in [0.29, 0.717) is 12.2 Å². The summed E-state index contributed by atoms with van der Waals surface area (Å²) in [5.74, 6) is -0.0238. The molecule has 0 spiro atoms. The topological polar surface area (TPSA) is 59.0 Å². The van der Waals surface area contributed by atoms with Gasteiger partial charge in [0.15, 0.2) is 0 Å². The molecule has 0 aliphatic heterocycles. The van der Waals surface area contributed by atoms with Crippen LogP contribution < -0.4 is 10.5 Å². The largest absolute Gasteiger partial charge is 0.492 e. The molecule has 5 heteroatoms. The highest BCUT2D eigenvalue weighted by Gasteiger charge is 2.04. The molecule has 1 aromatic carbocycles. The molecule has 1 unspecified atom stereocenters. The Morgan fingerprint density at radius 2 is 2.33 bits per heavy atom. The second-order valence-corrected chi connectivity index (χ2v) is 3.35. The molecule has 1 aromatic rings. The zero-order valence-electron chi connectivity index (χ0n) is 7.91. The van der Waals surface area contributed by atoms with Crippen molar-refractivity contribution >= 4 is 11.6 Å². The highest BCUT2D eigenvalue weighted by Crippen LogP contribution is 2.24. The van der Waals surface area contributed by atoms with Crippen LogP contribution in [-0.4, -0.2) is 12.6 Å². The molecule has 0 aliphatic carbocycles. The molecule has 3 nitrogen and oxygen atoms in total. The summed E-state index contributed by atoms with van der Waals surface area (Å²) in [7, 11) is 0. The van der Waals surface area contributed by atoms with Crippen LogP contribution >= 0.6 is 11.6 Å². The minimum atomic E-state index is -0.552. The molecule has 0 bridgehead atoms. The molecule has 0 fully saturated rings. The number of rotatable bonds is 4. The standard InChI is InChI=1S/C10H10ClFN2O/c11-9-5-7(12)1-2-10(9)15-4-3-8(14)6-13/h1-2,5,8H,3-4,14H2. The second kappa shape index (κ2) is 5.54. The normalized spacial score (nSPS) is 11.9. The van der Waals surface area contributed by atoms with Gasteiger partial charge in [-0.15, -0.1) is 0 Å². The Morgan fingerprint density at radius 1 is 1.60 bits per heavy atom. The molecule has 1 atom stereocenters. The SMILES string of the molecule is N#CC(N)CCOc1ccc(F)cc1Cl. The van der Waals surface area contributed by atoms with Gasteiger partial charge in [-0.2, -0.15) is 5.26 Å². The fraction of sp³-hybridized carbons (Fsp3) is 0.300. The van der Waals surface area contributed by atoms with E-state index in [1.807, 2.05) is 6.07 Å². The van der Waals surface area contributed by atoms with E-state index in [9.17, 15) is 4.39 Å². The average Bonchev–Trinajstić information content (AvgIpc) is 2.21. The van der Waals surface area contributed by atoms with Crippen molar-refractivity contribution in [2.45, 2.75) is 12.5 Å². The Morgan fingerprint density at radius 3 is 2.93 bits per heavy atom. The van der Waals surface area contributed by atoms with Crippen molar-refractivity contribution in [2.24, 2.45) is 5.73 Å². The Balaban J connectivity index is 2.48. The van der Waals surface area contributed by atoms with Crippen LogP contribution in [0, 0.1) is 17.1 Å². The van der Waals surface area contributed by atoms with Crippen LogP contribution in [0.3, 0.4) is 0 Å². The lowest BCUT2D eigenvalue weighted by Crippen LogP contribution is -2.20. The van der Waals surface area contributed by atoms with Gasteiger partial charge in [-0.3, -0.25) is 0 Å². The smallest absolute Gasteiger partial charge is 0.138 e. The van der Waals surface area contributed by atoms with Crippen LogP contribution in [0.5, 0.6) is 5.75 Å². The molecule has 15 heavy (non-hydrogen) atoms. The molecular weight excluding hydrogens is 219 g/mol. The quantitative estimate of drug-likeness (QED) is 0.859. The lowest BCUT2D eigenvalue weighted by atomic mass is 10.2. The van der Waals surface area contributed by atoms with Gasteiger partial charge in [0.05, 0.1) is 23.7 Å². The third kappa shape index (κ3) is 3.74. The first-order chi connectivity index (χ1) is 7.13. The van der Waals surface area contributed by atoms with Gasteiger partial charge >= 0.3 is 0 Å².